The van der Waals surface area contributed by atoms with Crippen molar-refractivity contribution in [2.24, 2.45) is 0 Å². The van der Waals surface area contributed by atoms with E-state index >= 15 is 0 Å². The van der Waals surface area contributed by atoms with E-state index in [1.165, 1.54) is 38.5 Å². The van der Waals surface area contributed by atoms with Gasteiger partial charge in [0.15, 0.2) is 0 Å². The van der Waals surface area contributed by atoms with Crippen molar-refractivity contribution in [1.82, 2.24) is 0 Å². The van der Waals surface area contributed by atoms with Gasteiger partial charge in [-0.05, 0) is 20.3 Å². The first-order valence-electron chi connectivity index (χ1n) is 7.15. The first-order valence-corrected chi connectivity index (χ1v) is 8.76. The van der Waals surface area contributed by atoms with Crippen LogP contribution in [0.1, 0.15) is 59.3 Å². The Morgan fingerprint density at radius 2 is 1.59 bits per heavy atom. The number of hydrogen-bond donors (Lipinski definition) is 0. The van der Waals surface area contributed by atoms with E-state index in [4.69, 9.17) is 8.85 Å². The Hall–Kier alpha value is -0.123. The quantitative estimate of drug-likeness (QED) is 0.297. The Kier molecular flexibility index (Phi) is 12.2. The first-order chi connectivity index (χ1) is 8.29. The molecule has 0 fully saturated rings. The summed E-state index contributed by atoms with van der Waals surface area (Å²) in [4.78, 5) is 0. The highest BCUT2D eigenvalue weighted by Crippen LogP contribution is 2.22. The zero-order chi connectivity index (χ0) is 12.9. The average Bonchev–Trinajstić information content (AvgIpc) is 2.34. The van der Waals surface area contributed by atoms with Crippen molar-refractivity contribution >= 4 is 9.28 Å². The first kappa shape index (κ1) is 16.9. The van der Waals surface area contributed by atoms with Crippen LogP contribution in [0.4, 0.5) is 0 Å². The van der Waals surface area contributed by atoms with E-state index in [2.05, 4.69) is 13.5 Å². The maximum Gasteiger partial charge on any atom is 0.328 e. The van der Waals surface area contributed by atoms with Crippen molar-refractivity contribution in [3.63, 3.8) is 0 Å². The minimum Gasteiger partial charge on any atom is -0.396 e. The van der Waals surface area contributed by atoms with Crippen molar-refractivity contribution in [3.8, 4) is 0 Å². The normalized spacial score (nSPS) is 12.9. The van der Waals surface area contributed by atoms with Gasteiger partial charge in [0.05, 0.1) is 0 Å². The van der Waals surface area contributed by atoms with E-state index in [1.807, 2.05) is 19.9 Å². The van der Waals surface area contributed by atoms with Crippen LogP contribution in [0.25, 0.3) is 0 Å². The van der Waals surface area contributed by atoms with Gasteiger partial charge in [0.1, 0.15) is 0 Å². The summed E-state index contributed by atoms with van der Waals surface area (Å²) >= 11 is 0. The molecule has 0 aliphatic carbocycles. The third-order valence-corrected chi connectivity index (χ3v) is 5.58. The summed E-state index contributed by atoms with van der Waals surface area (Å²) in [7, 11) is -1.53. The number of hydrogen-bond acceptors (Lipinski definition) is 2. The van der Waals surface area contributed by atoms with Crippen molar-refractivity contribution in [1.29, 1.82) is 0 Å². The molecular weight excluding hydrogens is 228 g/mol. The molecular formula is C14H30O2Si. The fourth-order valence-electron chi connectivity index (χ4n) is 1.97. The lowest BCUT2D eigenvalue weighted by Crippen LogP contribution is -2.28. The number of rotatable bonds is 12. The summed E-state index contributed by atoms with van der Waals surface area (Å²) in [6.45, 7) is 11.8. The molecule has 0 saturated heterocycles. The lowest BCUT2D eigenvalue weighted by molar-refractivity contribution is 0.206. The maximum absolute atomic E-state index is 5.76. The van der Waals surface area contributed by atoms with Gasteiger partial charge in [-0.15, -0.1) is 6.58 Å². The highest BCUT2D eigenvalue weighted by molar-refractivity contribution is 6.47. The maximum atomic E-state index is 5.76. The van der Waals surface area contributed by atoms with Gasteiger partial charge in [-0.2, -0.15) is 0 Å². The Labute approximate surface area is 109 Å². The highest BCUT2D eigenvalue weighted by Gasteiger charge is 2.22. The van der Waals surface area contributed by atoms with Gasteiger partial charge in [0.25, 0.3) is 0 Å². The lowest BCUT2D eigenvalue weighted by Gasteiger charge is -2.22. The van der Waals surface area contributed by atoms with Crippen LogP contribution in [-0.4, -0.2) is 22.5 Å². The standard InChI is InChI=1S/C14H30O2Si/c1-5-9-10-11-12-13-14(6-2)17(15-7-3)16-8-4/h6,14,17H,2,5,7-13H2,1,3-4H3. The van der Waals surface area contributed by atoms with Crippen molar-refractivity contribution in [3.05, 3.63) is 12.7 Å². The summed E-state index contributed by atoms with van der Waals surface area (Å²) in [5.74, 6) is 0. The van der Waals surface area contributed by atoms with Crippen LogP contribution < -0.4 is 0 Å². The molecule has 0 amide bonds. The van der Waals surface area contributed by atoms with Gasteiger partial charge < -0.3 is 8.85 Å². The van der Waals surface area contributed by atoms with E-state index in [1.54, 1.807) is 0 Å². The zero-order valence-corrected chi connectivity index (χ0v) is 13.1. The molecule has 17 heavy (non-hydrogen) atoms. The molecule has 1 unspecified atom stereocenters. The molecule has 0 aromatic heterocycles. The smallest absolute Gasteiger partial charge is 0.328 e. The Bertz CT molecular complexity index is 168. The van der Waals surface area contributed by atoms with E-state index in [0.717, 1.165) is 13.2 Å². The fourth-order valence-corrected chi connectivity index (χ4v) is 3.95. The van der Waals surface area contributed by atoms with Gasteiger partial charge in [-0.1, -0.05) is 45.1 Å². The molecule has 102 valence electrons. The van der Waals surface area contributed by atoms with Gasteiger partial charge >= 0.3 is 9.28 Å². The fraction of sp³-hybridized carbons (Fsp3) is 0.857. The zero-order valence-electron chi connectivity index (χ0n) is 11.9. The molecule has 1 atom stereocenters. The van der Waals surface area contributed by atoms with Crippen LogP contribution in [0.3, 0.4) is 0 Å². The van der Waals surface area contributed by atoms with Crippen LogP contribution in [0.2, 0.25) is 5.54 Å². The minimum absolute atomic E-state index is 0.469. The Morgan fingerprint density at radius 3 is 2.06 bits per heavy atom. The van der Waals surface area contributed by atoms with E-state index < -0.39 is 9.28 Å². The van der Waals surface area contributed by atoms with Crippen LogP contribution in [-0.2, 0) is 8.85 Å². The molecule has 0 rings (SSSR count). The van der Waals surface area contributed by atoms with Crippen molar-refractivity contribution in [2.75, 3.05) is 13.2 Å². The SMILES string of the molecule is C=CC(CCCCCCC)[SiH](OCC)OCC. The van der Waals surface area contributed by atoms with Crippen LogP contribution in [0.15, 0.2) is 12.7 Å². The lowest BCUT2D eigenvalue weighted by atomic mass is 10.1. The third kappa shape index (κ3) is 8.58. The number of unbranched alkanes of at least 4 members (excludes halogenated alkanes) is 4. The van der Waals surface area contributed by atoms with Gasteiger partial charge in [0, 0.05) is 18.8 Å². The predicted octanol–water partition coefficient (Wildman–Crippen LogP) is 4.20. The molecule has 0 aliphatic heterocycles. The van der Waals surface area contributed by atoms with Gasteiger partial charge in [0.2, 0.25) is 0 Å². The molecule has 0 aliphatic rings. The summed E-state index contributed by atoms with van der Waals surface area (Å²) in [5.41, 5.74) is 0.469. The van der Waals surface area contributed by atoms with Gasteiger partial charge in [-0.3, -0.25) is 0 Å². The topological polar surface area (TPSA) is 18.5 Å². The molecule has 2 nitrogen and oxygen atoms in total. The predicted molar refractivity (Wildman–Crippen MR) is 77.7 cm³/mol. The number of allylic oxidation sites excluding steroid dienone is 1. The second kappa shape index (κ2) is 12.3. The van der Waals surface area contributed by atoms with E-state index in [0.29, 0.717) is 5.54 Å². The molecule has 0 N–H and O–H groups in total. The van der Waals surface area contributed by atoms with Crippen molar-refractivity contribution < 1.29 is 8.85 Å². The molecule has 3 heteroatoms. The van der Waals surface area contributed by atoms with E-state index in [9.17, 15) is 0 Å². The van der Waals surface area contributed by atoms with Gasteiger partial charge in [-0.25, -0.2) is 0 Å². The van der Waals surface area contributed by atoms with E-state index in [-0.39, 0.29) is 0 Å². The van der Waals surface area contributed by atoms with Crippen LogP contribution in [0, 0.1) is 0 Å². The molecule has 0 radical (unpaired) electrons. The minimum atomic E-state index is -1.53. The van der Waals surface area contributed by atoms with Crippen molar-refractivity contribution in [2.45, 2.75) is 64.8 Å². The van der Waals surface area contributed by atoms with Crippen LogP contribution >= 0.6 is 0 Å². The molecule has 0 spiro atoms. The molecule has 0 saturated carbocycles. The molecule has 0 aromatic rings. The second-order valence-electron chi connectivity index (χ2n) is 4.38. The summed E-state index contributed by atoms with van der Waals surface area (Å²) in [6, 6.07) is 0. The Morgan fingerprint density at radius 1 is 1.00 bits per heavy atom. The highest BCUT2D eigenvalue weighted by atomic mass is 28.3. The summed E-state index contributed by atoms with van der Waals surface area (Å²) in [5, 5.41) is 0. The molecule has 0 aromatic carbocycles. The average molecular weight is 258 g/mol. The summed E-state index contributed by atoms with van der Waals surface area (Å²) < 4.78 is 11.5. The second-order valence-corrected chi connectivity index (χ2v) is 6.64. The largest absolute Gasteiger partial charge is 0.396 e. The third-order valence-electron chi connectivity index (χ3n) is 2.96. The summed E-state index contributed by atoms with van der Waals surface area (Å²) in [6.07, 6.45) is 9.86. The molecule has 0 heterocycles. The van der Waals surface area contributed by atoms with Crippen LogP contribution in [0.5, 0.6) is 0 Å². The molecule has 0 bridgehead atoms. The monoisotopic (exact) mass is 258 g/mol. The Balaban J connectivity index is 3.87.